The number of carbonyl (C=O) groups excluding carboxylic acids is 1. The molecule has 0 saturated carbocycles. The Labute approximate surface area is 145 Å². The number of nitrogens with zero attached hydrogens (tertiary/aromatic N) is 2. The van der Waals surface area contributed by atoms with Gasteiger partial charge in [0.1, 0.15) is 17.7 Å². The second kappa shape index (κ2) is 7.94. The molecule has 25 heavy (non-hydrogen) atoms. The summed E-state index contributed by atoms with van der Waals surface area (Å²) in [7, 11) is 0. The maximum Gasteiger partial charge on any atom is 0.251 e. The molecule has 1 aromatic heterocycles. The highest BCUT2D eigenvalue weighted by molar-refractivity contribution is 5.76. The van der Waals surface area contributed by atoms with Gasteiger partial charge in [0.25, 0.3) is 5.56 Å². The summed E-state index contributed by atoms with van der Waals surface area (Å²) in [6.45, 7) is 3.39. The molecule has 0 unspecified atom stereocenters. The molecular weight excluding hydrogens is 322 g/mol. The molecular formula is C18H21N3O4. The minimum atomic E-state index is -0.416. The maximum absolute atomic E-state index is 12.4. The fraction of sp³-hybridized carbons (Fsp3) is 0.389. The van der Waals surface area contributed by atoms with Crippen molar-refractivity contribution in [2.45, 2.75) is 19.4 Å². The first-order valence-corrected chi connectivity index (χ1v) is 8.27. The number of aromatic nitrogens is 2. The fourth-order valence-electron chi connectivity index (χ4n) is 2.73. The van der Waals surface area contributed by atoms with Crippen molar-refractivity contribution in [2.24, 2.45) is 0 Å². The van der Waals surface area contributed by atoms with E-state index in [1.165, 1.54) is 6.07 Å². The summed E-state index contributed by atoms with van der Waals surface area (Å²) >= 11 is 0. The van der Waals surface area contributed by atoms with E-state index in [0.29, 0.717) is 44.2 Å². The molecule has 0 radical (unpaired) electrons. The summed E-state index contributed by atoms with van der Waals surface area (Å²) in [5.41, 5.74) is 0.410. The van der Waals surface area contributed by atoms with Crippen molar-refractivity contribution in [1.82, 2.24) is 14.9 Å². The Morgan fingerprint density at radius 3 is 2.96 bits per heavy atom. The fourth-order valence-corrected chi connectivity index (χ4v) is 2.73. The molecule has 1 aliphatic rings. The number of amides is 1. The Bertz CT molecular complexity index is 775. The first kappa shape index (κ1) is 17.2. The highest BCUT2D eigenvalue weighted by Crippen LogP contribution is 2.19. The molecule has 0 aliphatic carbocycles. The van der Waals surface area contributed by atoms with Crippen molar-refractivity contribution >= 4 is 5.91 Å². The zero-order valence-electron chi connectivity index (χ0n) is 14.1. The van der Waals surface area contributed by atoms with E-state index in [-0.39, 0.29) is 11.5 Å². The van der Waals surface area contributed by atoms with Crippen LogP contribution < -0.4 is 10.3 Å². The third kappa shape index (κ3) is 4.67. The molecule has 3 rings (SSSR count). The molecule has 1 amide bonds. The van der Waals surface area contributed by atoms with Gasteiger partial charge in [-0.05, 0) is 19.1 Å². The van der Waals surface area contributed by atoms with Crippen LogP contribution in [0, 0.1) is 6.92 Å². The first-order valence-electron chi connectivity index (χ1n) is 8.27. The van der Waals surface area contributed by atoms with Crippen molar-refractivity contribution in [3.63, 3.8) is 0 Å². The number of benzene rings is 1. The molecule has 1 atom stereocenters. The van der Waals surface area contributed by atoms with E-state index < -0.39 is 6.10 Å². The van der Waals surface area contributed by atoms with E-state index in [4.69, 9.17) is 9.47 Å². The van der Waals surface area contributed by atoms with Crippen molar-refractivity contribution < 1.29 is 14.3 Å². The van der Waals surface area contributed by atoms with E-state index in [0.717, 1.165) is 5.75 Å². The highest BCUT2D eigenvalue weighted by atomic mass is 16.5. The number of hydrogen-bond donors (Lipinski definition) is 1. The lowest BCUT2D eigenvalue weighted by Crippen LogP contribution is -2.43. The number of morpholine rings is 1. The monoisotopic (exact) mass is 343 g/mol. The van der Waals surface area contributed by atoms with Gasteiger partial charge in [-0.1, -0.05) is 18.2 Å². The van der Waals surface area contributed by atoms with Gasteiger partial charge in [-0.3, -0.25) is 9.59 Å². The van der Waals surface area contributed by atoms with Gasteiger partial charge < -0.3 is 19.4 Å². The van der Waals surface area contributed by atoms with Crippen molar-refractivity contribution in [1.29, 1.82) is 0 Å². The molecule has 7 heteroatoms. The summed E-state index contributed by atoms with van der Waals surface area (Å²) in [5, 5.41) is 0. The van der Waals surface area contributed by atoms with Gasteiger partial charge in [0, 0.05) is 18.3 Å². The van der Waals surface area contributed by atoms with Crippen LogP contribution in [0.4, 0.5) is 0 Å². The largest absolute Gasteiger partial charge is 0.493 e. The van der Waals surface area contributed by atoms with Gasteiger partial charge in [0.15, 0.2) is 0 Å². The predicted octanol–water partition coefficient (Wildman–Crippen LogP) is 1.45. The van der Waals surface area contributed by atoms with Gasteiger partial charge in [-0.15, -0.1) is 0 Å². The molecule has 1 aromatic carbocycles. The second-order valence-corrected chi connectivity index (χ2v) is 5.88. The minimum absolute atomic E-state index is 0.000712. The Balaban J connectivity index is 1.55. The number of aromatic amines is 1. The van der Waals surface area contributed by atoms with Crippen LogP contribution >= 0.6 is 0 Å². The maximum atomic E-state index is 12.4. The number of carbonyl (C=O) groups is 1. The van der Waals surface area contributed by atoms with Crippen LogP contribution in [-0.4, -0.2) is 47.1 Å². The molecule has 2 aromatic rings. The highest BCUT2D eigenvalue weighted by Gasteiger charge is 2.27. The smallest absolute Gasteiger partial charge is 0.251 e. The number of H-pyrrole nitrogens is 1. The Kier molecular flexibility index (Phi) is 5.45. The van der Waals surface area contributed by atoms with Crippen LogP contribution in [0.1, 0.15) is 24.0 Å². The third-order valence-electron chi connectivity index (χ3n) is 3.94. The average molecular weight is 343 g/mol. The van der Waals surface area contributed by atoms with Gasteiger partial charge >= 0.3 is 0 Å². The quantitative estimate of drug-likeness (QED) is 0.888. The standard InChI is InChI=1S/C18H21N3O4/c1-13-11-16(22)20-18(19-13)15-12-21(8-10-25-15)17(23)7-9-24-14-5-3-2-4-6-14/h2-6,11,15H,7-10,12H2,1H3,(H,19,20,22)/t15-/m0/s1. The van der Waals surface area contributed by atoms with Crippen LogP contribution in [0.3, 0.4) is 0 Å². The second-order valence-electron chi connectivity index (χ2n) is 5.88. The summed E-state index contributed by atoms with van der Waals surface area (Å²) in [6.07, 6.45) is -0.125. The van der Waals surface area contributed by atoms with Crippen molar-refractivity contribution in [3.05, 3.63) is 58.3 Å². The normalized spacial score (nSPS) is 17.3. The molecule has 0 bridgehead atoms. The SMILES string of the molecule is Cc1cc(=O)[nH]c([C@@H]2CN(C(=O)CCOc3ccccc3)CCO2)n1. The predicted molar refractivity (Wildman–Crippen MR) is 91.4 cm³/mol. The molecule has 0 spiro atoms. The van der Waals surface area contributed by atoms with Gasteiger partial charge in [-0.2, -0.15) is 0 Å². The average Bonchev–Trinajstić information content (AvgIpc) is 2.62. The summed E-state index contributed by atoms with van der Waals surface area (Å²) in [6, 6.07) is 10.8. The summed E-state index contributed by atoms with van der Waals surface area (Å²) in [5.74, 6) is 1.21. The lowest BCUT2D eigenvalue weighted by atomic mass is 10.2. The summed E-state index contributed by atoms with van der Waals surface area (Å²) in [4.78, 5) is 32.7. The minimum Gasteiger partial charge on any atom is -0.493 e. The number of aryl methyl sites for hydroxylation is 1. The Morgan fingerprint density at radius 2 is 2.20 bits per heavy atom. The topological polar surface area (TPSA) is 84.5 Å². The zero-order valence-corrected chi connectivity index (χ0v) is 14.1. The number of hydrogen-bond acceptors (Lipinski definition) is 5. The lowest BCUT2D eigenvalue weighted by Gasteiger charge is -2.32. The van der Waals surface area contributed by atoms with Gasteiger partial charge in [0.2, 0.25) is 5.91 Å². The van der Waals surface area contributed by atoms with Gasteiger partial charge in [-0.25, -0.2) is 4.98 Å². The van der Waals surface area contributed by atoms with E-state index in [9.17, 15) is 9.59 Å². The van der Waals surface area contributed by atoms with Crippen molar-refractivity contribution in [3.8, 4) is 5.75 Å². The Morgan fingerprint density at radius 1 is 1.40 bits per heavy atom. The van der Waals surface area contributed by atoms with Crippen molar-refractivity contribution in [2.75, 3.05) is 26.3 Å². The number of para-hydroxylation sites is 1. The number of nitrogens with one attached hydrogen (secondary N) is 1. The first-order chi connectivity index (χ1) is 12.1. The third-order valence-corrected chi connectivity index (χ3v) is 3.94. The van der Waals surface area contributed by atoms with E-state index in [2.05, 4.69) is 9.97 Å². The van der Waals surface area contributed by atoms with E-state index >= 15 is 0 Å². The van der Waals surface area contributed by atoms with E-state index in [1.807, 2.05) is 30.3 Å². The zero-order chi connectivity index (χ0) is 17.6. The number of ether oxygens (including phenoxy) is 2. The van der Waals surface area contributed by atoms with Crippen LogP contribution in [0.2, 0.25) is 0 Å². The molecule has 1 aliphatic heterocycles. The van der Waals surface area contributed by atoms with E-state index in [1.54, 1.807) is 11.8 Å². The molecule has 1 saturated heterocycles. The number of rotatable bonds is 5. The van der Waals surface area contributed by atoms with Crippen LogP contribution in [-0.2, 0) is 9.53 Å². The molecule has 2 heterocycles. The lowest BCUT2D eigenvalue weighted by molar-refractivity contribution is -0.139. The van der Waals surface area contributed by atoms with Crippen LogP contribution in [0.15, 0.2) is 41.2 Å². The van der Waals surface area contributed by atoms with Crippen LogP contribution in [0.5, 0.6) is 5.75 Å². The molecule has 1 N–H and O–H groups in total. The Hall–Kier alpha value is -2.67. The van der Waals surface area contributed by atoms with Crippen LogP contribution in [0.25, 0.3) is 0 Å². The van der Waals surface area contributed by atoms with Gasteiger partial charge in [0.05, 0.1) is 26.2 Å². The molecule has 1 fully saturated rings. The summed E-state index contributed by atoms with van der Waals surface area (Å²) < 4.78 is 11.2. The molecule has 7 nitrogen and oxygen atoms in total. The molecule has 132 valence electrons.